The van der Waals surface area contributed by atoms with Gasteiger partial charge in [0.15, 0.2) is 5.75 Å². The van der Waals surface area contributed by atoms with E-state index in [9.17, 15) is 19.1 Å². The van der Waals surface area contributed by atoms with Crippen LogP contribution in [-0.4, -0.2) is 71.3 Å². The van der Waals surface area contributed by atoms with Crippen LogP contribution >= 0.6 is 0 Å². The Balaban J connectivity index is 1.37. The number of ether oxygens (including phenoxy) is 1. The van der Waals surface area contributed by atoms with Gasteiger partial charge in [-0.2, -0.15) is 4.39 Å². The molecular weight excluding hydrogens is 395 g/mol. The first-order valence-corrected chi connectivity index (χ1v) is 9.45. The van der Waals surface area contributed by atoms with Crippen molar-refractivity contribution in [1.82, 2.24) is 20.2 Å². The summed E-state index contributed by atoms with van der Waals surface area (Å²) in [6, 6.07) is 4.80. The molecule has 2 aliphatic rings. The largest absolute Gasteiger partial charge is 0.452 e. The fourth-order valence-corrected chi connectivity index (χ4v) is 3.43. The summed E-state index contributed by atoms with van der Waals surface area (Å²) in [5.41, 5.74) is 1.62. The maximum absolute atomic E-state index is 14.4. The molecule has 30 heavy (non-hydrogen) atoms. The van der Waals surface area contributed by atoms with E-state index in [1.54, 1.807) is 12.1 Å². The minimum Gasteiger partial charge on any atom is -0.452 e. The van der Waals surface area contributed by atoms with Crippen LogP contribution in [0.25, 0.3) is 0 Å². The fourth-order valence-electron chi connectivity index (χ4n) is 3.43. The lowest BCUT2D eigenvalue weighted by atomic mass is 10.2. The van der Waals surface area contributed by atoms with Gasteiger partial charge < -0.3 is 25.4 Å². The van der Waals surface area contributed by atoms with Gasteiger partial charge in [0.25, 0.3) is 18.1 Å². The molecule has 4 heterocycles. The van der Waals surface area contributed by atoms with Gasteiger partial charge in [0, 0.05) is 39.8 Å². The highest BCUT2D eigenvalue weighted by Crippen LogP contribution is 2.29. The van der Waals surface area contributed by atoms with Crippen molar-refractivity contribution in [2.24, 2.45) is 0 Å². The summed E-state index contributed by atoms with van der Waals surface area (Å²) in [5, 5.41) is 14.4. The number of amides is 2. The Bertz CT molecular complexity index is 979. The predicted molar refractivity (Wildman–Crippen MR) is 105 cm³/mol. The molecular formula is C19H21FN6O4. The van der Waals surface area contributed by atoms with Gasteiger partial charge in [-0.15, -0.1) is 0 Å². The van der Waals surface area contributed by atoms with E-state index in [2.05, 4.69) is 25.5 Å². The number of halogens is 1. The van der Waals surface area contributed by atoms with Gasteiger partial charge in [0.05, 0.1) is 23.3 Å². The highest BCUT2D eigenvalue weighted by Gasteiger charge is 2.26. The molecule has 11 heteroatoms. The Morgan fingerprint density at radius 3 is 2.83 bits per heavy atom. The molecule has 0 unspecified atom stereocenters. The molecule has 1 saturated heterocycles. The normalized spacial score (nSPS) is 19.0. The SMILES string of the molecule is CNC(=O)c1ccc(N2CCN(Cc3cc4c(cn3)O[C@H](O)C(=O)N4)CC2)c(F)n1. The Kier molecular flexibility index (Phi) is 5.46. The molecule has 0 saturated carbocycles. The molecule has 1 fully saturated rings. The Morgan fingerprint density at radius 2 is 2.13 bits per heavy atom. The molecule has 1 atom stereocenters. The monoisotopic (exact) mass is 416 g/mol. The molecule has 10 nitrogen and oxygen atoms in total. The van der Waals surface area contributed by atoms with E-state index in [-0.39, 0.29) is 5.69 Å². The molecule has 2 aliphatic heterocycles. The Hall–Kier alpha value is -3.31. The third kappa shape index (κ3) is 4.02. The van der Waals surface area contributed by atoms with E-state index in [1.807, 2.05) is 4.90 Å². The summed E-state index contributed by atoms with van der Waals surface area (Å²) in [6.07, 6.45) is -0.0583. The van der Waals surface area contributed by atoms with Gasteiger partial charge in [-0.1, -0.05) is 0 Å². The number of fused-ring (bicyclic) bond motifs is 1. The first-order chi connectivity index (χ1) is 14.4. The number of carbonyl (C=O) groups excluding carboxylic acids is 2. The molecule has 0 bridgehead atoms. The van der Waals surface area contributed by atoms with Crippen LogP contribution in [0.15, 0.2) is 24.4 Å². The minimum absolute atomic E-state index is 0.0412. The number of piperazine rings is 1. The molecule has 2 aromatic heterocycles. The van der Waals surface area contributed by atoms with E-state index >= 15 is 0 Å². The number of hydrogen-bond acceptors (Lipinski definition) is 8. The molecule has 3 N–H and O–H groups in total. The third-order valence-corrected chi connectivity index (χ3v) is 5.03. The molecule has 0 aromatic carbocycles. The average molecular weight is 416 g/mol. The summed E-state index contributed by atoms with van der Waals surface area (Å²) in [5.74, 6) is -1.40. The topological polar surface area (TPSA) is 120 Å². The predicted octanol–water partition coefficient (Wildman–Crippen LogP) is -0.0532. The zero-order valence-electron chi connectivity index (χ0n) is 16.3. The maximum atomic E-state index is 14.4. The Labute approximate surface area is 171 Å². The second kappa shape index (κ2) is 8.20. The van der Waals surface area contributed by atoms with Crippen LogP contribution in [0, 0.1) is 5.95 Å². The average Bonchev–Trinajstić information content (AvgIpc) is 2.75. The summed E-state index contributed by atoms with van der Waals surface area (Å²) < 4.78 is 19.5. The molecule has 0 spiro atoms. The van der Waals surface area contributed by atoms with Crippen molar-refractivity contribution in [3.05, 3.63) is 41.7 Å². The van der Waals surface area contributed by atoms with Crippen LogP contribution in [0.1, 0.15) is 16.2 Å². The number of nitrogens with one attached hydrogen (secondary N) is 2. The zero-order chi connectivity index (χ0) is 21.3. The molecule has 0 radical (unpaired) electrons. The number of nitrogens with zero attached hydrogens (tertiary/aromatic N) is 4. The van der Waals surface area contributed by atoms with Crippen LogP contribution in [0.4, 0.5) is 15.8 Å². The summed E-state index contributed by atoms with van der Waals surface area (Å²) in [6.45, 7) is 3.09. The zero-order valence-corrected chi connectivity index (χ0v) is 16.3. The van der Waals surface area contributed by atoms with Crippen molar-refractivity contribution in [1.29, 1.82) is 0 Å². The van der Waals surface area contributed by atoms with Crippen molar-refractivity contribution in [2.45, 2.75) is 12.8 Å². The van der Waals surface area contributed by atoms with Crippen LogP contribution in [0.5, 0.6) is 5.75 Å². The van der Waals surface area contributed by atoms with Gasteiger partial charge in [-0.25, -0.2) is 4.98 Å². The van der Waals surface area contributed by atoms with E-state index in [0.29, 0.717) is 49.8 Å². The highest BCUT2D eigenvalue weighted by atomic mass is 19.1. The summed E-state index contributed by atoms with van der Waals surface area (Å²) in [4.78, 5) is 35.3. The third-order valence-electron chi connectivity index (χ3n) is 5.03. The highest BCUT2D eigenvalue weighted by molar-refractivity contribution is 5.96. The van der Waals surface area contributed by atoms with Gasteiger partial charge >= 0.3 is 0 Å². The standard InChI is InChI=1S/C19H21FN6O4/c1-21-17(27)12-2-3-14(16(20)23-12)26-6-4-25(5-7-26)10-11-8-13-15(9-22-11)30-19(29)18(28)24-13/h2-3,8-9,19,29H,4-7,10H2,1H3,(H,21,27)(H,24,28)/t19-/m0/s1. The Morgan fingerprint density at radius 1 is 1.37 bits per heavy atom. The van der Waals surface area contributed by atoms with E-state index in [4.69, 9.17) is 4.74 Å². The number of hydrogen-bond donors (Lipinski definition) is 3. The number of aromatic nitrogens is 2. The maximum Gasteiger partial charge on any atom is 0.293 e. The van der Waals surface area contributed by atoms with Crippen molar-refractivity contribution in [3.8, 4) is 5.75 Å². The van der Waals surface area contributed by atoms with Gasteiger partial charge in [0.2, 0.25) is 5.95 Å². The first kappa shape index (κ1) is 20.0. The van der Waals surface area contributed by atoms with Crippen molar-refractivity contribution >= 4 is 23.2 Å². The molecule has 2 aromatic rings. The van der Waals surface area contributed by atoms with E-state index < -0.39 is 24.1 Å². The molecule has 158 valence electrons. The fraction of sp³-hybridized carbons (Fsp3) is 0.368. The van der Waals surface area contributed by atoms with Crippen molar-refractivity contribution in [2.75, 3.05) is 43.4 Å². The number of pyridine rings is 2. The smallest absolute Gasteiger partial charge is 0.293 e. The molecule has 0 aliphatic carbocycles. The second-order valence-corrected chi connectivity index (χ2v) is 6.98. The van der Waals surface area contributed by atoms with E-state index in [1.165, 1.54) is 19.3 Å². The lowest BCUT2D eigenvalue weighted by Gasteiger charge is -2.36. The van der Waals surface area contributed by atoms with E-state index in [0.717, 1.165) is 5.69 Å². The number of aliphatic hydroxyl groups is 1. The molecule has 4 rings (SSSR count). The summed E-state index contributed by atoms with van der Waals surface area (Å²) in [7, 11) is 1.47. The van der Waals surface area contributed by atoms with Gasteiger partial charge in [-0.05, 0) is 18.2 Å². The molecule has 2 amide bonds. The summed E-state index contributed by atoms with van der Waals surface area (Å²) >= 11 is 0. The van der Waals surface area contributed by atoms with Crippen LogP contribution in [0.2, 0.25) is 0 Å². The van der Waals surface area contributed by atoms with Crippen LogP contribution in [-0.2, 0) is 11.3 Å². The quantitative estimate of drug-likeness (QED) is 0.594. The van der Waals surface area contributed by atoms with Gasteiger partial charge in [-0.3, -0.25) is 19.5 Å². The van der Waals surface area contributed by atoms with Crippen molar-refractivity contribution in [3.63, 3.8) is 0 Å². The number of anilines is 2. The van der Waals surface area contributed by atoms with Crippen LogP contribution < -0.4 is 20.3 Å². The number of aliphatic hydroxyl groups excluding tert-OH is 1. The second-order valence-electron chi connectivity index (χ2n) is 6.98. The van der Waals surface area contributed by atoms with Crippen molar-refractivity contribution < 1.29 is 23.8 Å². The minimum atomic E-state index is -1.53. The van der Waals surface area contributed by atoms with Crippen LogP contribution in [0.3, 0.4) is 0 Å². The number of rotatable bonds is 4. The lowest BCUT2D eigenvalue weighted by Crippen LogP contribution is -2.46. The number of carbonyl (C=O) groups is 2. The first-order valence-electron chi connectivity index (χ1n) is 9.45. The lowest BCUT2D eigenvalue weighted by molar-refractivity contribution is -0.139. The van der Waals surface area contributed by atoms with Gasteiger partial charge in [0.1, 0.15) is 5.69 Å².